The van der Waals surface area contributed by atoms with E-state index in [0.717, 1.165) is 18.5 Å². The Kier molecular flexibility index (Phi) is 4.11. The van der Waals surface area contributed by atoms with Crippen molar-refractivity contribution in [2.24, 2.45) is 0 Å². The molecular formula is C16H18FN3O2. The summed E-state index contributed by atoms with van der Waals surface area (Å²) < 4.78 is 15.8. The molecular weight excluding hydrogens is 285 g/mol. The number of benzene rings is 1. The zero-order valence-electron chi connectivity index (χ0n) is 12.1. The van der Waals surface area contributed by atoms with Crippen LogP contribution in [0.15, 0.2) is 42.7 Å². The topological polar surface area (TPSA) is 57.5 Å². The largest absolute Gasteiger partial charge is 0.394 e. The Morgan fingerprint density at radius 2 is 2.14 bits per heavy atom. The van der Waals surface area contributed by atoms with Gasteiger partial charge in [-0.05, 0) is 43.2 Å². The molecule has 5 nitrogen and oxygen atoms in total. The van der Waals surface area contributed by atoms with Gasteiger partial charge in [-0.1, -0.05) is 0 Å². The quantitative estimate of drug-likeness (QED) is 0.915. The van der Waals surface area contributed by atoms with Gasteiger partial charge in [0.15, 0.2) is 0 Å². The van der Waals surface area contributed by atoms with Crippen molar-refractivity contribution in [1.82, 2.24) is 9.47 Å². The molecule has 1 atom stereocenters. The van der Waals surface area contributed by atoms with Crippen LogP contribution < -0.4 is 5.32 Å². The van der Waals surface area contributed by atoms with E-state index in [1.54, 1.807) is 17.0 Å². The first-order chi connectivity index (χ1) is 10.7. The number of hydrogen-bond acceptors (Lipinski definition) is 2. The molecule has 1 aromatic heterocycles. The minimum absolute atomic E-state index is 0.0701. The molecule has 2 heterocycles. The molecule has 2 aromatic rings. The fourth-order valence-corrected chi connectivity index (χ4v) is 2.76. The molecule has 1 saturated heterocycles. The lowest BCUT2D eigenvalue weighted by atomic mass is 10.2. The van der Waals surface area contributed by atoms with Crippen molar-refractivity contribution in [2.45, 2.75) is 18.9 Å². The van der Waals surface area contributed by atoms with Gasteiger partial charge in [-0.3, -0.25) is 0 Å². The number of halogens is 1. The number of aliphatic hydroxyl groups is 1. The molecule has 1 fully saturated rings. The molecule has 0 bridgehead atoms. The summed E-state index contributed by atoms with van der Waals surface area (Å²) in [4.78, 5) is 13.8. The lowest BCUT2D eigenvalue weighted by Crippen LogP contribution is -2.40. The summed E-state index contributed by atoms with van der Waals surface area (Å²) in [5.41, 5.74) is 0.904. The Balaban J connectivity index is 1.80. The summed E-state index contributed by atoms with van der Waals surface area (Å²) in [7, 11) is 0. The van der Waals surface area contributed by atoms with Gasteiger partial charge in [-0.2, -0.15) is 0 Å². The number of nitrogens with one attached hydrogen (secondary N) is 1. The number of carbonyl (C=O) groups excluding carboxylic acids is 1. The fraction of sp³-hybridized carbons (Fsp3) is 0.312. The number of aliphatic hydroxyl groups excluding tert-OH is 1. The van der Waals surface area contributed by atoms with Crippen molar-refractivity contribution < 1.29 is 14.3 Å². The highest BCUT2D eigenvalue weighted by Crippen LogP contribution is 2.22. The third-order valence-electron chi connectivity index (χ3n) is 3.94. The van der Waals surface area contributed by atoms with Crippen molar-refractivity contribution in [3.05, 3.63) is 48.5 Å². The number of urea groups is 1. The Hall–Kier alpha value is -2.34. The zero-order chi connectivity index (χ0) is 15.5. The van der Waals surface area contributed by atoms with Crippen LogP contribution in [0, 0.1) is 5.82 Å². The average Bonchev–Trinajstić information content (AvgIpc) is 3.20. The van der Waals surface area contributed by atoms with Gasteiger partial charge in [0.1, 0.15) is 5.82 Å². The van der Waals surface area contributed by atoms with Crippen molar-refractivity contribution in [3.63, 3.8) is 0 Å². The van der Waals surface area contributed by atoms with Gasteiger partial charge in [0.25, 0.3) is 0 Å². The van der Waals surface area contributed by atoms with E-state index < -0.39 is 5.82 Å². The van der Waals surface area contributed by atoms with Crippen molar-refractivity contribution in [2.75, 3.05) is 18.5 Å². The van der Waals surface area contributed by atoms with Gasteiger partial charge in [0, 0.05) is 24.6 Å². The van der Waals surface area contributed by atoms with Gasteiger partial charge in [0.05, 0.1) is 18.3 Å². The van der Waals surface area contributed by atoms with E-state index in [1.807, 2.05) is 29.1 Å². The second-order valence-electron chi connectivity index (χ2n) is 5.36. The Labute approximate surface area is 128 Å². The summed E-state index contributed by atoms with van der Waals surface area (Å²) in [6, 6.07) is 7.76. The van der Waals surface area contributed by atoms with E-state index in [9.17, 15) is 14.3 Å². The first-order valence-corrected chi connectivity index (χ1v) is 7.30. The van der Waals surface area contributed by atoms with E-state index in [0.29, 0.717) is 6.54 Å². The summed E-state index contributed by atoms with van der Waals surface area (Å²) in [6.07, 6.45) is 5.32. The standard InChI is InChI=1S/C16H18FN3O2/c17-14-6-5-12(19-7-1-2-8-19)10-15(14)18-16(22)20-9-3-4-13(20)11-21/h1-2,5-8,10,13,21H,3-4,9,11H2,(H,18,22)/t13-/m0/s1. The maximum Gasteiger partial charge on any atom is 0.322 e. The second kappa shape index (κ2) is 6.19. The van der Waals surface area contributed by atoms with E-state index in [4.69, 9.17) is 0 Å². The minimum atomic E-state index is -0.482. The number of rotatable bonds is 3. The summed E-state index contributed by atoms with van der Waals surface area (Å²) >= 11 is 0. The predicted molar refractivity (Wildman–Crippen MR) is 81.6 cm³/mol. The number of amides is 2. The molecule has 0 saturated carbocycles. The van der Waals surface area contributed by atoms with Crippen LogP contribution in [0.5, 0.6) is 0 Å². The van der Waals surface area contributed by atoms with Crippen LogP contribution in [0.3, 0.4) is 0 Å². The third-order valence-corrected chi connectivity index (χ3v) is 3.94. The van der Waals surface area contributed by atoms with E-state index in [2.05, 4.69) is 5.32 Å². The van der Waals surface area contributed by atoms with Crippen LogP contribution in [0.4, 0.5) is 14.9 Å². The Bertz CT molecular complexity index is 657. The van der Waals surface area contributed by atoms with Gasteiger partial charge in [0.2, 0.25) is 0 Å². The van der Waals surface area contributed by atoms with Crippen molar-refractivity contribution >= 4 is 11.7 Å². The average molecular weight is 303 g/mol. The lowest BCUT2D eigenvalue weighted by Gasteiger charge is -2.23. The molecule has 0 spiro atoms. The zero-order valence-corrected chi connectivity index (χ0v) is 12.1. The van der Waals surface area contributed by atoms with Crippen LogP contribution in [0.25, 0.3) is 5.69 Å². The second-order valence-corrected chi connectivity index (χ2v) is 5.36. The lowest BCUT2D eigenvalue weighted by molar-refractivity contribution is 0.166. The van der Waals surface area contributed by atoms with Gasteiger partial charge in [-0.25, -0.2) is 9.18 Å². The number of hydrogen-bond donors (Lipinski definition) is 2. The molecule has 0 aliphatic carbocycles. The molecule has 0 radical (unpaired) electrons. The SMILES string of the molecule is O=C(Nc1cc(-n2cccc2)ccc1F)N1CCC[C@H]1CO. The Morgan fingerprint density at radius 3 is 2.86 bits per heavy atom. The summed E-state index contributed by atoms with van der Waals surface area (Å²) in [6.45, 7) is 0.509. The predicted octanol–water partition coefficient (Wildman–Crippen LogP) is 2.61. The van der Waals surface area contributed by atoms with Crippen molar-refractivity contribution in [3.8, 4) is 5.69 Å². The highest BCUT2D eigenvalue weighted by atomic mass is 19.1. The number of anilines is 1. The highest BCUT2D eigenvalue weighted by Gasteiger charge is 2.28. The first kappa shape index (κ1) is 14.6. The van der Waals surface area contributed by atoms with E-state index in [1.165, 1.54) is 6.07 Å². The van der Waals surface area contributed by atoms with Crippen LogP contribution >= 0.6 is 0 Å². The van der Waals surface area contributed by atoms with Gasteiger partial charge >= 0.3 is 6.03 Å². The summed E-state index contributed by atoms with van der Waals surface area (Å²) in [5.74, 6) is -0.482. The van der Waals surface area contributed by atoms with E-state index in [-0.39, 0.29) is 24.4 Å². The minimum Gasteiger partial charge on any atom is -0.394 e. The van der Waals surface area contributed by atoms with Crippen LogP contribution in [0.1, 0.15) is 12.8 Å². The number of nitrogens with zero attached hydrogens (tertiary/aromatic N) is 2. The van der Waals surface area contributed by atoms with Crippen LogP contribution in [0.2, 0.25) is 0 Å². The third kappa shape index (κ3) is 2.82. The van der Waals surface area contributed by atoms with Crippen LogP contribution in [-0.4, -0.2) is 39.8 Å². The molecule has 2 amide bonds. The molecule has 2 N–H and O–H groups in total. The normalized spacial score (nSPS) is 17.7. The van der Waals surface area contributed by atoms with Gasteiger partial charge in [-0.15, -0.1) is 0 Å². The highest BCUT2D eigenvalue weighted by molar-refractivity contribution is 5.90. The number of likely N-dealkylation sites (tertiary alicyclic amines) is 1. The number of aromatic nitrogens is 1. The molecule has 1 aliphatic rings. The van der Waals surface area contributed by atoms with Crippen LogP contribution in [-0.2, 0) is 0 Å². The smallest absolute Gasteiger partial charge is 0.322 e. The van der Waals surface area contributed by atoms with Gasteiger partial charge < -0.3 is 19.9 Å². The molecule has 0 unspecified atom stereocenters. The Morgan fingerprint density at radius 1 is 1.36 bits per heavy atom. The molecule has 1 aliphatic heterocycles. The molecule has 22 heavy (non-hydrogen) atoms. The maximum atomic E-state index is 13.9. The molecule has 116 valence electrons. The monoisotopic (exact) mass is 303 g/mol. The van der Waals surface area contributed by atoms with Crippen molar-refractivity contribution in [1.29, 1.82) is 0 Å². The van der Waals surface area contributed by atoms with E-state index >= 15 is 0 Å². The summed E-state index contributed by atoms with van der Waals surface area (Å²) in [5, 5.41) is 11.9. The molecule has 6 heteroatoms. The fourth-order valence-electron chi connectivity index (χ4n) is 2.76. The first-order valence-electron chi connectivity index (χ1n) is 7.30. The maximum absolute atomic E-state index is 13.9. The number of carbonyl (C=O) groups is 1. The molecule has 3 rings (SSSR count). The molecule has 1 aromatic carbocycles.